The highest BCUT2D eigenvalue weighted by Crippen LogP contribution is 2.33. The number of hydrogen-bond donors (Lipinski definition) is 1. The fourth-order valence-electron chi connectivity index (χ4n) is 3.02. The molecule has 0 aliphatic carbocycles. The lowest BCUT2D eigenvalue weighted by atomic mass is 10.1. The van der Waals surface area contributed by atoms with Gasteiger partial charge in [-0.15, -0.1) is 0 Å². The predicted molar refractivity (Wildman–Crippen MR) is 103 cm³/mol. The van der Waals surface area contributed by atoms with Gasteiger partial charge in [0.15, 0.2) is 0 Å². The lowest BCUT2D eigenvalue weighted by molar-refractivity contribution is -0.137. The van der Waals surface area contributed by atoms with Gasteiger partial charge in [0.1, 0.15) is 12.4 Å². The van der Waals surface area contributed by atoms with Crippen LogP contribution in [0, 0.1) is 5.92 Å². The summed E-state index contributed by atoms with van der Waals surface area (Å²) in [5.41, 5.74) is -0.177. The molecule has 1 aliphatic heterocycles. The topological polar surface area (TPSA) is 58.6 Å². The number of carbonyl (C=O) groups excluding carboxylic acids is 2. The van der Waals surface area contributed by atoms with Crippen LogP contribution in [0.5, 0.6) is 5.75 Å². The minimum atomic E-state index is -4.50. The van der Waals surface area contributed by atoms with Gasteiger partial charge in [0.2, 0.25) is 11.8 Å². The summed E-state index contributed by atoms with van der Waals surface area (Å²) in [7, 11) is 0. The van der Waals surface area contributed by atoms with Crippen LogP contribution in [-0.2, 0) is 15.8 Å². The van der Waals surface area contributed by atoms with Gasteiger partial charge >= 0.3 is 6.18 Å². The molecular formula is C21H19F3N2O3. The Kier molecular flexibility index (Phi) is 5.91. The van der Waals surface area contributed by atoms with E-state index in [9.17, 15) is 22.8 Å². The first-order chi connectivity index (χ1) is 13.8. The average Bonchev–Trinajstić information content (AvgIpc) is 3.09. The Labute approximate surface area is 165 Å². The van der Waals surface area contributed by atoms with Crippen LogP contribution >= 0.6 is 0 Å². The minimum Gasteiger partial charge on any atom is -0.490 e. The van der Waals surface area contributed by atoms with Crippen molar-refractivity contribution in [1.29, 1.82) is 0 Å². The third-order valence-corrected chi connectivity index (χ3v) is 4.47. The van der Waals surface area contributed by atoms with Crippen LogP contribution in [0.2, 0.25) is 0 Å². The third kappa shape index (κ3) is 4.96. The summed E-state index contributed by atoms with van der Waals surface area (Å²) in [5, 5.41) is 2.72. The Bertz CT molecular complexity index is 910. The zero-order valence-electron chi connectivity index (χ0n) is 15.4. The molecule has 0 saturated carbocycles. The van der Waals surface area contributed by atoms with Gasteiger partial charge in [0.05, 0.1) is 11.5 Å². The predicted octanol–water partition coefficient (Wildman–Crippen LogP) is 4.26. The molecule has 8 heteroatoms. The van der Waals surface area contributed by atoms with Crippen molar-refractivity contribution >= 4 is 23.2 Å². The molecule has 0 unspecified atom stereocenters. The fraction of sp³-hybridized carbons (Fsp3) is 0.238. The maximum absolute atomic E-state index is 12.9. The van der Waals surface area contributed by atoms with E-state index in [1.54, 1.807) is 30.3 Å². The maximum Gasteiger partial charge on any atom is 0.416 e. The number of alkyl halides is 3. The number of carbonyl (C=O) groups is 2. The second-order valence-electron chi connectivity index (χ2n) is 6.57. The van der Waals surface area contributed by atoms with Gasteiger partial charge in [-0.3, -0.25) is 9.59 Å². The van der Waals surface area contributed by atoms with Crippen molar-refractivity contribution in [3.63, 3.8) is 0 Å². The van der Waals surface area contributed by atoms with E-state index in [0.29, 0.717) is 18.0 Å². The second-order valence-corrected chi connectivity index (χ2v) is 6.57. The van der Waals surface area contributed by atoms with Gasteiger partial charge in [0, 0.05) is 24.3 Å². The molecule has 0 radical (unpaired) electrons. The number of amides is 2. The molecule has 5 nitrogen and oxygen atoms in total. The first kappa shape index (κ1) is 20.4. The third-order valence-electron chi connectivity index (χ3n) is 4.47. The normalized spacial score (nSPS) is 16.6. The second kappa shape index (κ2) is 8.38. The zero-order chi connectivity index (χ0) is 21.0. The number of benzene rings is 2. The van der Waals surface area contributed by atoms with E-state index in [2.05, 4.69) is 11.9 Å². The Hall–Kier alpha value is -3.29. The summed E-state index contributed by atoms with van der Waals surface area (Å²) in [6.45, 7) is 3.94. The SMILES string of the molecule is C=CCOc1ccc(NC(=O)[C@@H]2CC(=O)N(c3cccc(C(F)(F)F)c3)C2)cc1. The average molecular weight is 404 g/mol. The number of hydrogen-bond acceptors (Lipinski definition) is 3. The van der Waals surface area contributed by atoms with Crippen LogP contribution in [-0.4, -0.2) is 25.0 Å². The summed E-state index contributed by atoms with van der Waals surface area (Å²) < 4.78 is 44.1. The van der Waals surface area contributed by atoms with Gasteiger partial charge in [-0.2, -0.15) is 13.2 Å². The maximum atomic E-state index is 12.9. The van der Waals surface area contributed by atoms with Crippen molar-refractivity contribution in [1.82, 2.24) is 0 Å². The molecule has 29 heavy (non-hydrogen) atoms. The number of anilines is 2. The van der Waals surface area contributed by atoms with Gasteiger partial charge in [0.25, 0.3) is 0 Å². The van der Waals surface area contributed by atoms with Crippen LogP contribution in [0.15, 0.2) is 61.2 Å². The molecule has 1 atom stereocenters. The highest BCUT2D eigenvalue weighted by atomic mass is 19.4. The van der Waals surface area contributed by atoms with E-state index in [1.165, 1.54) is 17.0 Å². The molecule has 1 N–H and O–H groups in total. The van der Waals surface area contributed by atoms with E-state index in [1.807, 2.05) is 0 Å². The molecular weight excluding hydrogens is 385 g/mol. The Balaban J connectivity index is 1.65. The standard InChI is InChI=1S/C21H19F3N2O3/c1-2-10-29-18-8-6-16(7-9-18)25-20(28)14-11-19(27)26(13-14)17-5-3-4-15(12-17)21(22,23)24/h2-9,12,14H,1,10-11,13H2,(H,25,28)/t14-/m1/s1. The van der Waals surface area contributed by atoms with Crippen LogP contribution < -0.4 is 15.0 Å². The van der Waals surface area contributed by atoms with Crippen LogP contribution in [0.4, 0.5) is 24.5 Å². The molecule has 3 rings (SSSR count). The van der Waals surface area contributed by atoms with E-state index in [-0.39, 0.29) is 24.6 Å². The smallest absolute Gasteiger partial charge is 0.416 e. The number of nitrogens with one attached hydrogen (secondary N) is 1. The molecule has 1 saturated heterocycles. The largest absolute Gasteiger partial charge is 0.490 e. The zero-order valence-corrected chi connectivity index (χ0v) is 15.4. The molecule has 2 amide bonds. The summed E-state index contributed by atoms with van der Waals surface area (Å²) in [4.78, 5) is 26.0. The number of ether oxygens (including phenoxy) is 1. The lowest BCUT2D eigenvalue weighted by Crippen LogP contribution is -2.28. The molecule has 1 heterocycles. The fourth-order valence-corrected chi connectivity index (χ4v) is 3.02. The molecule has 0 spiro atoms. The van der Waals surface area contributed by atoms with Crippen molar-refractivity contribution in [3.8, 4) is 5.75 Å². The van der Waals surface area contributed by atoms with Crippen LogP contribution in [0.1, 0.15) is 12.0 Å². The van der Waals surface area contributed by atoms with Gasteiger partial charge in [-0.25, -0.2) is 0 Å². The highest BCUT2D eigenvalue weighted by Gasteiger charge is 2.37. The van der Waals surface area contributed by atoms with Crippen LogP contribution in [0.3, 0.4) is 0 Å². The number of halogens is 3. The molecule has 2 aromatic carbocycles. The van der Waals surface area contributed by atoms with E-state index >= 15 is 0 Å². The van der Waals surface area contributed by atoms with E-state index in [0.717, 1.165) is 12.1 Å². The van der Waals surface area contributed by atoms with Crippen molar-refractivity contribution in [2.45, 2.75) is 12.6 Å². The van der Waals surface area contributed by atoms with Gasteiger partial charge in [-0.05, 0) is 42.5 Å². The molecule has 0 bridgehead atoms. The molecule has 0 aromatic heterocycles. The molecule has 1 aliphatic rings. The minimum absolute atomic E-state index is 0.0203. The monoisotopic (exact) mass is 404 g/mol. The first-order valence-electron chi connectivity index (χ1n) is 8.90. The van der Waals surface area contributed by atoms with Gasteiger partial charge < -0.3 is 15.0 Å². The Morgan fingerprint density at radius 1 is 1.24 bits per heavy atom. The number of nitrogens with zero attached hydrogens (tertiary/aromatic N) is 1. The van der Waals surface area contributed by atoms with Crippen molar-refractivity contribution in [2.24, 2.45) is 5.92 Å². The number of rotatable bonds is 6. The summed E-state index contributed by atoms with van der Waals surface area (Å²) in [6, 6.07) is 11.2. The molecule has 152 valence electrons. The molecule has 2 aromatic rings. The van der Waals surface area contributed by atoms with Crippen molar-refractivity contribution in [3.05, 3.63) is 66.7 Å². The molecule has 1 fully saturated rings. The first-order valence-corrected chi connectivity index (χ1v) is 8.90. The summed E-state index contributed by atoms with van der Waals surface area (Å²) in [5.74, 6) is -0.798. The Morgan fingerprint density at radius 3 is 2.62 bits per heavy atom. The van der Waals surface area contributed by atoms with Gasteiger partial charge in [-0.1, -0.05) is 18.7 Å². The Morgan fingerprint density at radius 2 is 1.97 bits per heavy atom. The summed E-state index contributed by atoms with van der Waals surface area (Å²) in [6.07, 6.45) is -2.96. The van der Waals surface area contributed by atoms with E-state index < -0.39 is 23.6 Å². The quantitative estimate of drug-likeness (QED) is 0.732. The van der Waals surface area contributed by atoms with E-state index in [4.69, 9.17) is 4.74 Å². The van der Waals surface area contributed by atoms with Crippen molar-refractivity contribution in [2.75, 3.05) is 23.4 Å². The van der Waals surface area contributed by atoms with Crippen LogP contribution in [0.25, 0.3) is 0 Å². The highest BCUT2D eigenvalue weighted by molar-refractivity contribution is 6.03. The van der Waals surface area contributed by atoms with Crippen molar-refractivity contribution < 1.29 is 27.5 Å². The summed E-state index contributed by atoms with van der Waals surface area (Å²) >= 11 is 0. The lowest BCUT2D eigenvalue weighted by Gasteiger charge is -2.18.